The highest BCUT2D eigenvalue weighted by atomic mass is 32.2. The lowest BCUT2D eigenvalue weighted by atomic mass is 10.0. The first-order valence-electron chi connectivity index (χ1n) is 8.77. The van der Waals surface area contributed by atoms with Gasteiger partial charge in [-0.05, 0) is 38.0 Å². The van der Waals surface area contributed by atoms with Crippen molar-refractivity contribution in [2.24, 2.45) is 0 Å². The van der Waals surface area contributed by atoms with Gasteiger partial charge in [-0.25, -0.2) is 0 Å². The van der Waals surface area contributed by atoms with Gasteiger partial charge in [0.1, 0.15) is 19.0 Å². The molecule has 0 aliphatic carbocycles. The number of nitrogens with one attached hydrogen (secondary N) is 1. The molecule has 7 heteroatoms. The van der Waals surface area contributed by atoms with Crippen LogP contribution in [0.5, 0.6) is 11.5 Å². The van der Waals surface area contributed by atoms with Crippen molar-refractivity contribution < 1.29 is 18.8 Å². The zero-order chi connectivity index (χ0) is 18.5. The highest BCUT2D eigenvalue weighted by molar-refractivity contribution is 7.99. The van der Waals surface area contributed by atoms with Gasteiger partial charge in [0.25, 0.3) is 0 Å². The van der Waals surface area contributed by atoms with Crippen molar-refractivity contribution in [1.82, 2.24) is 10.5 Å². The number of fused-ring (bicyclic) bond motifs is 1. The predicted octanol–water partition coefficient (Wildman–Crippen LogP) is 3.56. The molecule has 1 aromatic carbocycles. The molecule has 0 saturated carbocycles. The summed E-state index contributed by atoms with van der Waals surface area (Å²) in [6, 6.07) is 5.81. The van der Waals surface area contributed by atoms with E-state index in [0.717, 1.165) is 46.3 Å². The van der Waals surface area contributed by atoms with Crippen LogP contribution in [0.2, 0.25) is 0 Å². The van der Waals surface area contributed by atoms with Gasteiger partial charge in [-0.1, -0.05) is 18.1 Å². The monoisotopic (exact) mass is 376 g/mol. The maximum atomic E-state index is 12.3. The largest absolute Gasteiger partial charge is 0.486 e. The van der Waals surface area contributed by atoms with Crippen LogP contribution < -0.4 is 14.8 Å². The molecule has 0 fully saturated rings. The molecule has 2 aromatic rings. The van der Waals surface area contributed by atoms with E-state index < -0.39 is 0 Å². The third kappa shape index (κ3) is 4.33. The second-order valence-corrected chi connectivity index (χ2v) is 7.21. The highest BCUT2D eigenvalue weighted by Gasteiger charge is 2.18. The van der Waals surface area contributed by atoms with Crippen LogP contribution in [0.4, 0.5) is 0 Å². The van der Waals surface area contributed by atoms with Crippen LogP contribution >= 0.6 is 11.8 Å². The molecular weight excluding hydrogens is 352 g/mol. The van der Waals surface area contributed by atoms with E-state index >= 15 is 0 Å². The first-order valence-corrected chi connectivity index (χ1v) is 9.92. The summed E-state index contributed by atoms with van der Waals surface area (Å²) in [5, 5.41) is 7.04. The average Bonchev–Trinajstić information content (AvgIpc) is 2.97. The topological polar surface area (TPSA) is 73.6 Å². The molecule has 0 radical (unpaired) electrons. The van der Waals surface area contributed by atoms with E-state index in [-0.39, 0.29) is 11.9 Å². The van der Waals surface area contributed by atoms with E-state index in [1.165, 1.54) is 0 Å². The smallest absolute Gasteiger partial charge is 0.230 e. The van der Waals surface area contributed by atoms with Crippen LogP contribution in [-0.2, 0) is 10.5 Å². The number of hydrogen-bond donors (Lipinski definition) is 1. The quantitative estimate of drug-likeness (QED) is 0.796. The molecule has 26 heavy (non-hydrogen) atoms. The van der Waals surface area contributed by atoms with Crippen LogP contribution in [0, 0.1) is 13.8 Å². The summed E-state index contributed by atoms with van der Waals surface area (Å²) in [5.41, 5.74) is 2.99. The molecule has 0 unspecified atom stereocenters. The molecule has 1 aliphatic heterocycles. The second-order valence-electron chi connectivity index (χ2n) is 6.23. The Labute approximate surface area is 157 Å². The molecule has 1 N–H and O–H groups in total. The van der Waals surface area contributed by atoms with Crippen molar-refractivity contribution >= 4 is 17.7 Å². The molecule has 1 aliphatic rings. The highest BCUT2D eigenvalue weighted by Crippen LogP contribution is 2.33. The van der Waals surface area contributed by atoms with Crippen LogP contribution in [0.25, 0.3) is 0 Å². The van der Waals surface area contributed by atoms with Gasteiger partial charge in [0.2, 0.25) is 5.91 Å². The molecule has 1 atom stereocenters. The van der Waals surface area contributed by atoms with E-state index in [1.807, 2.05) is 32.0 Å². The fourth-order valence-electron chi connectivity index (χ4n) is 2.89. The Morgan fingerprint density at radius 2 is 2.04 bits per heavy atom. The minimum atomic E-state index is -0.0435. The van der Waals surface area contributed by atoms with Crippen LogP contribution in [0.15, 0.2) is 22.7 Å². The van der Waals surface area contributed by atoms with Crippen molar-refractivity contribution in [3.05, 3.63) is 40.8 Å². The van der Waals surface area contributed by atoms with Gasteiger partial charge in [-0.3, -0.25) is 4.79 Å². The number of rotatable bonds is 7. The van der Waals surface area contributed by atoms with Crippen molar-refractivity contribution in [3.63, 3.8) is 0 Å². The number of amides is 1. The number of carbonyl (C=O) groups excluding carboxylic acids is 1. The van der Waals surface area contributed by atoms with Gasteiger partial charge in [0, 0.05) is 11.3 Å². The Morgan fingerprint density at radius 1 is 1.27 bits per heavy atom. The number of nitrogens with zero attached hydrogens (tertiary/aromatic N) is 1. The van der Waals surface area contributed by atoms with E-state index in [0.29, 0.717) is 19.0 Å². The standard InChI is InChI=1S/C19H24N2O4S/c1-4-16(14-5-6-17-18(9-14)24-8-7-23-17)20-19(22)11-26-10-15-12(2)21-25-13(15)3/h5-6,9,16H,4,7-8,10-11H2,1-3H3,(H,20,22)/t16-/m1/s1. The molecule has 0 spiro atoms. The Morgan fingerprint density at radius 3 is 2.73 bits per heavy atom. The van der Waals surface area contributed by atoms with Gasteiger partial charge in [0.15, 0.2) is 11.5 Å². The van der Waals surface area contributed by atoms with Crippen LogP contribution in [-0.4, -0.2) is 30.0 Å². The fourth-order valence-corrected chi connectivity index (χ4v) is 3.87. The minimum absolute atomic E-state index is 0.0171. The number of aromatic nitrogens is 1. The third-order valence-corrected chi connectivity index (χ3v) is 5.33. The Balaban J connectivity index is 1.55. The predicted molar refractivity (Wildman–Crippen MR) is 101 cm³/mol. The SMILES string of the molecule is CC[C@@H](NC(=O)CSCc1c(C)noc1C)c1ccc2c(c1)OCCO2. The molecule has 6 nitrogen and oxygen atoms in total. The number of ether oxygens (including phenoxy) is 2. The summed E-state index contributed by atoms with van der Waals surface area (Å²) in [6.07, 6.45) is 0.805. The lowest BCUT2D eigenvalue weighted by Crippen LogP contribution is -2.29. The van der Waals surface area contributed by atoms with Gasteiger partial charge in [0.05, 0.1) is 17.5 Å². The molecule has 0 saturated heterocycles. The molecule has 3 rings (SSSR count). The Bertz CT molecular complexity index is 755. The van der Waals surface area contributed by atoms with Gasteiger partial charge in [-0.2, -0.15) is 0 Å². The number of aryl methyl sites for hydroxylation is 2. The number of carbonyl (C=O) groups is 1. The van der Waals surface area contributed by atoms with E-state index in [4.69, 9.17) is 14.0 Å². The summed E-state index contributed by atoms with van der Waals surface area (Å²) in [6.45, 7) is 6.99. The van der Waals surface area contributed by atoms with Crippen molar-refractivity contribution in [1.29, 1.82) is 0 Å². The summed E-state index contributed by atoms with van der Waals surface area (Å²) < 4.78 is 16.3. The van der Waals surface area contributed by atoms with Gasteiger partial charge >= 0.3 is 0 Å². The Hall–Kier alpha value is -2.15. The number of thioether (sulfide) groups is 1. The fraction of sp³-hybridized carbons (Fsp3) is 0.474. The summed E-state index contributed by atoms with van der Waals surface area (Å²) in [7, 11) is 0. The zero-order valence-corrected chi connectivity index (χ0v) is 16.1. The first kappa shape index (κ1) is 18.6. The average molecular weight is 376 g/mol. The molecule has 1 aromatic heterocycles. The van der Waals surface area contributed by atoms with Crippen molar-refractivity contribution in [2.45, 2.75) is 39.0 Å². The maximum Gasteiger partial charge on any atom is 0.230 e. The van der Waals surface area contributed by atoms with E-state index in [1.54, 1.807) is 11.8 Å². The minimum Gasteiger partial charge on any atom is -0.486 e. The maximum absolute atomic E-state index is 12.3. The zero-order valence-electron chi connectivity index (χ0n) is 15.3. The van der Waals surface area contributed by atoms with Crippen molar-refractivity contribution in [2.75, 3.05) is 19.0 Å². The third-order valence-electron chi connectivity index (χ3n) is 4.37. The number of benzene rings is 1. The first-order chi connectivity index (χ1) is 12.6. The molecule has 2 heterocycles. The van der Waals surface area contributed by atoms with E-state index in [2.05, 4.69) is 17.4 Å². The Kier molecular flexibility index (Phi) is 6.08. The number of hydrogen-bond acceptors (Lipinski definition) is 6. The molecular formula is C19H24N2O4S. The lowest BCUT2D eigenvalue weighted by molar-refractivity contribution is -0.119. The van der Waals surface area contributed by atoms with Crippen molar-refractivity contribution in [3.8, 4) is 11.5 Å². The normalized spacial score (nSPS) is 14.1. The van der Waals surface area contributed by atoms with Gasteiger partial charge < -0.3 is 19.3 Å². The second kappa shape index (κ2) is 8.49. The summed E-state index contributed by atoms with van der Waals surface area (Å²) >= 11 is 1.56. The summed E-state index contributed by atoms with van der Waals surface area (Å²) in [5.74, 6) is 3.45. The molecule has 140 valence electrons. The summed E-state index contributed by atoms with van der Waals surface area (Å²) in [4.78, 5) is 12.3. The van der Waals surface area contributed by atoms with Crippen LogP contribution in [0.1, 0.15) is 42.0 Å². The van der Waals surface area contributed by atoms with E-state index in [9.17, 15) is 4.79 Å². The lowest BCUT2D eigenvalue weighted by Gasteiger charge is -2.22. The van der Waals surface area contributed by atoms with Gasteiger partial charge in [-0.15, -0.1) is 11.8 Å². The van der Waals surface area contributed by atoms with Crippen LogP contribution in [0.3, 0.4) is 0 Å². The molecule has 0 bridgehead atoms. The molecule has 1 amide bonds.